The molecular weight excluding hydrogens is 386 g/mol. The Morgan fingerprint density at radius 3 is 2.62 bits per heavy atom. The highest BCUT2D eigenvalue weighted by Crippen LogP contribution is 2.27. The normalized spacial score (nSPS) is 19.8. The Balaban J connectivity index is 1.34. The third kappa shape index (κ3) is 4.96. The molecule has 0 unspecified atom stereocenters. The van der Waals surface area contributed by atoms with E-state index in [4.69, 9.17) is 10.00 Å². The molecule has 1 aliphatic heterocycles. The molecule has 0 bridgehead atoms. The number of hydrogen-bond acceptors (Lipinski definition) is 5. The molecule has 1 N–H and O–H groups in total. The Morgan fingerprint density at radius 1 is 1.17 bits per heavy atom. The van der Waals surface area contributed by atoms with Gasteiger partial charge in [0.15, 0.2) is 0 Å². The zero-order chi connectivity index (χ0) is 20.4. The predicted octanol–water partition coefficient (Wildman–Crippen LogP) is 2.96. The first-order chi connectivity index (χ1) is 13.9. The molecule has 0 spiro atoms. The van der Waals surface area contributed by atoms with Gasteiger partial charge in [-0.2, -0.15) is 5.26 Å². The van der Waals surface area contributed by atoms with Crippen molar-refractivity contribution in [3.05, 3.63) is 59.2 Å². The molecule has 2 aliphatic rings. The fraction of sp³-hybridized carbons (Fsp3) is 0.409. The molecule has 0 aromatic heterocycles. The number of likely N-dealkylation sites (tertiary alicyclic amines) is 1. The van der Waals surface area contributed by atoms with Crippen LogP contribution in [0.25, 0.3) is 0 Å². The highest BCUT2D eigenvalue weighted by Gasteiger charge is 2.28. The maximum absolute atomic E-state index is 12.7. The quantitative estimate of drug-likeness (QED) is 0.757. The van der Waals surface area contributed by atoms with Crippen LogP contribution in [-0.4, -0.2) is 38.6 Å². The Bertz CT molecular complexity index is 1020. The van der Waals surface area contributed by atoms with Crippen molar-refractivity contribution in [2.75, 3.05) is 13.1 Å². The number of rotatable bonds is 7. The van der Waals surface area contributed by atoms with Crippen LogP contribution >= 0.6 is 0 Å². The summed E-state index contributed by atoms with van der Waals surface area (Å²) >= 11 is 0. The number of nitriles is 1. The van der Waals surface area contributed by atoms with Gasteiger partial charge < -0.3 is 4.74 Å². The van der Waals surface area contributed by atoms with Crippen LogP contribution in [0.4, 0.5) is 0 Å². The number of hydrogen-bond donors (Lipinski definition) is 1. The van der Waals surface area contributed by atoms with Crippen LogP contribution in [0.15, 0.2) is 47.4 Å². The molecule has 2 aromatic carbocycles. The molecule has 7 heteroatoms. The van der Waals surface area contributed by atoms with E-state index in [9.17, 15) is 8.42 Å². The SMILES string of the molecule is Cc1ccc(S(=O)(=O)N[C@@H]2CCN(Cc3ccc(OC4CC4)cc3)C2)cc1C#N. The minimum absolute atomic E-state index is 0.135. The van der Waals surface area contributed by atoms with Gasteiger partial charge in [0.25, 0.3) is 0 Å². The van der Waals surface area contributed by atoms with E-state index < -0.39 is 10.0 Å². The fourth-order valence-electron chi connectivity index (χ4n) is 3.56. The van der Waals surface area contributed by atoms with Crippen molar-refractivity contribution in [1.29, 1.82) is 5.26 Å². The van der Waals surface area contributed by atoms with Crippen molar-refractivity contribution in [3.8, 4) is 11.8 Å². The van der Waals surface area contributed by atoms with E-state index >= 15 is 0 Å². The summed E-state index contributed by atoms with van der Waals surface area (Å²) in [7, 11) is -3.64. The summed E-state index contributed by atoms with van der Waals surface area (Å²) in [5, 5.41) is 9.15. The van der Waals surface area contributed by atoms with Gasteiger partial charge in [0.05, 0.1) is 22.6 Å². The van der Waals surface area contributed by atoms with Crippen LogP contribution in [0, 0.1) is 18.3 Å². The molecule has 1 aliphatic carbocycles. The van der Waals surface area contributed by atoms with Crippen molar-refractivity contribution in [3.63, 3.8) is 0 Å². The number of nitrogens with one attached hydrogen (secondary N) is 1. The number of benzene rings is 2. The van der Waals surface area contributed by atoms with E-state index in [1.54, 1.807) is 19.1 Å². The first-order valence-corrected chi connectivity index (χ1v) is 11.4. The average molecular weight is 412 g/mol. The Morgan fingerprint density at radius 2 is 1.93 bits per heavy atom. The standard InChI is InChI=1S/C22H25N3O3S/c1-16-2-9-22(12-18(16)13-23)29(26,27)24-19-10-11-25(15-19)14-17-3-5-20(6-4-17)28-21-7-8-21/h2-6,9,12,19,21,24H,7-8,10-11,14-15H2,1H3/t19-/m1/s1. The van der Waals surface area contributed by atoms with Gasteiger partial charge in [0.1, 0.15) is 5.75 Å². The van der Waals surface area contributed by atoms with E-state index in [1.165, 1.54) is 11.6 Å². The van der Waals surface area contributed by atoms with E-state index in [2.05, 4.69) is 21.8 Å². The van der Waals surface area contributed by atoms with Crippen LogP contribution in [-0.2, 0) is 16.6 Å². The summed E-state index contributed by atoms with van der Waals surface area (Å²) in [6, 6.07) is 14.7. The predicted molar refractivity (Wildman–Crippen MR) is 110 cm³/mol. The molecule has 152 valence electrons. The number of sulfonamides is 1. The molecule has 1 saturated heterocycles. The smallest absolute Gasteiger partial charge is 0.240 e. The van der Waals surface area contributed by atoms with Crippen molar-refractivity contribution >= 4 is 10.0 Å². The summed E-state index contributed by atoms with van der Waals surface area (Å²) in [4.78, 5) is 2.39. The summed E-state index contributed by atoms with van der Waals surface area (Å²) < 4.78 is 34.0. The van der Waals surface area contributed by atoms with Gasteiger partial charge in [-0.3, -0.25) is 4.90 Å². The Hall–Kier alpha value is -2.40. The lowest BCUT2D eigenvalue weighted by molar-refractivity contribution is 0.302. The largest absolute Gasteiger partial charge is 0.490 e. The van der Waals surface area contributed by atoms with Crippen molar-refractivity contribution in [2.24, 2.45) is 0 Å². The lowest BCUT2D eigenvalue weighted by Gasteiger charge is -2.17. The Kier molecular flexibility index (Phi) is 5.59. The third-order valence-corrected chi connectivity index (χ3v) is 6.91. The topological polar surface area (TPSA) is 82.4 Å². The van der Waals surface area contributed by atoms with Crippen LogP contribution in [0.2, 0.25) is 0 Å². The van der Waals surface area contributed by atoms with E-state index in [0.29, 0.717) is 18.2 Å². The molecule has 6 nitrogen and oxygen atoms in total. The lowest BCUT2D eigenvalue weighted by atomic mass is 10.1. The van der Waals surface area contributed by atoms with E-state index in [1.807, 2.05) is 18.2 Å². The third-order valence-electron chi connectivity index (χ3n) is 5.39. The molecule has 1 saturated carbocycles. The van der Waals surface area contributed by atoms with Crippen molar-refractivity contribution in [1.82, 2.24) is 9.62 Å². The van der Waals surface area contributed by atoms with Crippen molar-refractivity contribution < 1.29 is 13.2 Å². The van der Waals surface area contributed by atoms with Gasteiger partial charge in [-0.1, -0.05) is 18.2 Å². The minimum atomic E-state index is -3.64. The molecule has 0 radical (unpaired) electrons. The zero-order valence-corrected chi connectivity index (χ0v) is 17.3. The van der Waals surface area contributed by atoms with Gasteiger partial charge in [0.2, 0.25) is 10.0 Å². The Labute approximate surface area is 172 Å². The first kappa shape index (κ1) is 19.9. The van der Waals surface area contributed by atoms with Crippen LogP contribution in [0.3, 0.4) is 0 Å². The fourth-order valence-corrected chi connectivity index (χ4v) is 4.85. The number of nitrogens with zero attached hydrogens (tertiary/aromatic N) is 2. The lowest BCUT2D eigenvalue weighted by Crippen LogP contribution is -2.37. The molecule has 0 amide bonds. The first-order valence-electron chi connectivity index (χ1n) is 9.94. The molecule has 2 aromatic rings. The highest BCUT2D eigenvalue weighted by atomic mass is 32.2. The highest BCUT2D eigenvalue weighted by molar-refractivity contribution is 7.89. The molecular formula is C22H25N3O3S. The molecule has 1 atom stereocenters. The number of ether oxygens (including phenoxy) is 1. The van der Waals surface area contributed by atoms with Gasteiger partial charge in [-0.05, 0) is 61.6 Å². The molecule has 1 heterocycles. The second-order valence-electron chi connectivity index (χ2n) is 7.89. The second-order valence-corrected chi connectivity index (χ2v) is 9.61. The van der Waals surface area contributed by atoms with Gasteiger partial charge >= 0.3 is 0 Å². The molecule has 2 fully saturated rings. The maximum atomic E-state index is 12.7. The number of aryl methyl sites for hydroxylation is 1. The average Bonchev–Trinajstić information content (AvgIpc) is 3.41. The van der Waals surface area contributed by atoms with Crippen LogP contribution in [0.5, 0.6) is 5.75 Å². The summed E-state index contributed by atoms with van der Waals surface area (Å²) in [6.45, 7) is 4.08. The van der Waals surface area contributed by atoms with Gasteiger partial charge in [0, 0.05) is 25.7 Å². The molecule has 4 rings (SSSR count). The zero-order valence-electron chi connectivity index (χ0n) is 16.5. The monoisotopic (exact) mass is 411 g/mol. The van der Waals surface area contributed by atoms with Crippen molar-refractivity contribution in [2.45, 2.75) is 49.8 Å². The van der Waals surface area contributed by atoms with Crippen LogP contribution in [0.1, 0.15) is 36.0 Å². The van der Waals surface area contributed by atoms with Crippen LogP contribution < -0.4 is 9.46 Å². The van der Waals surface area contributed by atoms with E-state index in [0.717, 1.165) is 43.7 Å². The molecule has 29 heavy (non-hydrogen) atoms. The van der Waals surface area contributed by atoms with E-state index in [-0.39, 0.29) is 10.9 Å². The summed E-state index contributed by atoms with van der Waals surface area (Å²) in [6.07, 6.45) is 3.45. The second kappa shape index (κ2) is 8.15. The maximum Gasteiger partial charge on any atom is 0.240 e. The summed E-state index contributed by atoms with van der Waals surface area (Å²) in [5.41, 5.74) is 2.34. The van der Waals surface area contributed by atoms with Gasteiger partial charge in [-0.15, -0.1) is 0 Å². The summed E-state index contributed by atoms with van der Waals surface area (Å²) in [5.74, 6) is 0.915. The minimum Gasteiger partial charge on any atom is -0.490 e. The van der Waals surface area contributed by atoms with Gasteiger partial charge in [-0.25, -0.2) is 13.1 Å².